The third-order valence-corrected chi connectivity index (χ3v) is 4.41. The first-order valence-corrected chi connectivity index (χ1v) is 8.59. The summed E-state index contributed by atoms with van der Waals surface area (Å²) in [7, 11) is 1.53. The summed E-state index contributed by atoms with van der Waals surface area (Å²) >= 11 is 0. The molecule has 0 aromatic heterocycles. The van der Waals surface area contributed by atoms with Crippen LogP contribution in [0.5, 0.6) is 0 Å². The molecule has 6 heteroatoms. The minimum atomic E-state index is -3.73. The predicted octanol–water partition coefficient (Wildman–Crippen LogP) is 3.11. The van der Waals surface area contributed by atoms with E-state index in [0.717, 1.165) is 5.56 Å². The maximum Gasteiger partial charge on any atom is 0.261 e. The van der Waals surface area contributed by atoms with Crippen molar-refractivity contribution in [3.05, 3.63) is 65.7 Å². The maximum absolute atomic E-state index is 12.0. The second-order valence-corrected chi connectivity index (χ2v) is 7.13. The average Bonchev–Trinajstić information content (AvgIpc) is 2.47. The van der Waals surface area contributed by atoms with Crippen molar-refractivity contribution in [2.24, 2.45) is 0 Å². The van der Waals surface area contributed by atoms with Gasteiger partial charge in [-0.15, -0.1) is 0 Å². The number of rotatable bonds is 4. The number of hydrogen-bond donors (Lipinski definition) is 1. The summed E-state index contributed by atoms with van der Waals surface area (Å²) in [6.07, 6.45) is 0. The summed E-state index contributed by atoms with van der Waals surface area (Å²) in [4.78, 5) is 12.1. The van der Waals surface area contributed by atoms with Gasteiger partial charge in [0.25, 0.3) is 15.0 Å². The Morgan fingerprint density at radius 1 is 1.05 bits per heavy atom. The number of carbonyl (C=O) groups is 1. The van der Waals surface area contributed by atoms with E-state index in [4.69, 9.17) is 10.7 Å². The molecule has 0 aliphatic carbocycles. The van der Waals surface area contributed by atoms with Crippen molar-refractivity contribution in [2.75, 3.05) is 0 Å². The van der Waals surface area contributed by atoms with Gasteiger partial charge in [-0.2, -0.15) is 0 Å². The van der Waals surface area contributed by atoms with Gasteiger partial charge in [0.2, 0.25) is 0 Å². The molecule has 0 aliphatic heterocycles. The van der Waals surface area contributed by atoms with Crippen molar-refractivity contribution in [2.45, 2.75) is 17.9 Å². The summed E-state index contributed by atoms with van der Waals surface area (Å²) in [6.45, 7) is 1.82. The van der Waals surface area contributed by atoms with Crippen LogP contribution in [0.4, 0.5) is 0 Å². The molecule has 0 heterocycles. The van der Waals surface area contributed by atoms with Gasteiger partial charge in [-0.25, -0.2) is 8.42 Å². The fraction of sp³-hybridized carbons (Fsp3) is 0.133. The molecule has 2 rings (SSSR count). The van der Waals surface area contributed by atoms with Crippen LogP contribution in [0.25, 0.3) is 0 Å². The Balaban J connectivity index is 2.10. The molecule has 21 heavy (non-hydrogen) atoms. The van der Waals surface area contributed by atoms with Crippen molar-refractivity contribution < 1.29 is 13.2 Å². The van der Waals surface area contributed by atoms with Gasteiger partial charge in [0.05, 0.1) is 10.9 Å². The van der Waals surface area contributed by atoms with Crippen LogP contribution in [0.15, 0.2) is 59.5 Å². The Hall–Kier alpha value is -1.85. The van der Waals surface area contributed by atoms with Gasteiger partial charge < -0.3 is 5.32 Å². The van der Waals surface area contributed by atoms with Crippen molar-refractivity contribution in [1.29, 1.82) is 0 Å². The SMILES string of the molecule is CC(NC(=O)c1ccccc1)c1ccc(S(=O)(=O)Cl)cc1. The van der Waals surface area contributed by atoms with Crippen LogP contribution >= 0.6 is 10.7 Å². The largest absolute Gasteiger partial charge is 0.346 e. The van der Waals surface area contributed by atoms with Crippen LogP contribution in [0, 0.1) is 0 Å². The molecule has 1 unspecified atom stereocenters. The number of hydrogen-bond acceptors (Lipinski definition) is 3. The zero-order chi connectivity index (χ0) is 15.5. The molecule has 0 aliphatic rings. The van der Waals surface area contributed by atoms with E-state index < -0.39 is 9.05 Å². The number of halogens is 1. The Morgan fingerprint density at radius 3 is 2.14 bits per heavy atom. The first kappa shape index (κ1) is 15.5. The van der Waals surface area contributed by atoms with Crippen LogP contribution in [0.3, 0.4) is 0 Å². The van der Waals surface area contributed by atoms with E-state index in [9.17, 15) is 13.2 Å². The minimum absolute atomic E-state index is 0.0366. The normalized spacial score (nSPS) is 12.7. The van der Waals surface area contributed by atoms with E-state index in [1.54, 1.807) is 36.4 Å². The van der Waals surface area contributed by atoms with E-state index in [1.165, 1.54) is 12.1 Å². The number of carbonyl (C=O) groups excluding carboxylic acids is 1. The van der Waals surface area contributed by atoms with Crippen molar-refractivity contribution in [1.82, 2.24) is 5.32 Å². The molecule has 0 spiro atoms. The number of amides is 1. The standard InChI is InChI=1S/C15H14ClNO3S/c1-11(17-15(18)13-5-3-2-4-6-13)12-7-9-14(10-8-12)21(16,19)20/h2-11H,1H3,(H,17,18). The Kier molecular flexibility index (Phi) is 4.65. The monoisotopic (exact) mass is 323 g/mol. The lowest BCUT2D eigenvalue weighted by Crippen LogP contribution is -2.26. The molecule has 1 N–H and O–H groups in total. The molecule has 110 valence electrons. The highest BCUT2D eigenvalue weighted by molar-refractivity contribution is 8.13. The van der Waals surface area contributed by atoms with E-state index in [2.05, 4.69) is 5.32 Å². The van der Waals surface area contributed by atoms with Crippen LogP contribution in [0.1, 0.15) is 28.9 Å². The average molecular weight is 324 g/mol. The molecule has 2 aromatic rings. The van der Waals surface area contributed by atoms with Gasteiger partial charge in [0.1, 0.15) is 0 Å². The van der Waals surface area contributed by atoms with Crippen LogP contribution in [-0.4, -0.2) is 14.3 Å². The minimum Gasteiger partial charge on any atom is -0.346 e. The fourth-order valence-corrected chi connectivity index (χ4v) is 2.64. The van der Waals surface area contributed by atoms with Gasteiger partial charge in [0.15, 0.2) is 0 Å². The molecule has 2 aromatic carbocycles. The van der Waals surface area contributed by atoms with Crippen LogP contribution < -0.4 is 5.32 Å². The highest BCUT2D eigenvalue weighted by Gasteiger charge is 2.13. The highest BCUT2D eigenvalue weighted by Crippen LogP contribution is 2.19. The fourth-order valence-electron chi connectivity index (χ4n) is 1.87. The molecule has 0 saturated carbocycles. The Labute approximate surface area is 128 Å². The van der Waals surface area contributed by atoms with E-state index in [-0.39, 0.29) is 16.8 Å². The van der Waals surface area contributed by atoms with Crippen LogP contribution in [0.2, 0.25) is 0 Å². The van der Waals surface area contributed by atoms with Crippen molar-refractivity contribution in [3.8, 4) is 0 Å². The smallest absolute Gasteiger partial charge is 0.261 e. The van der Waals surface area contributed by atoms with Gasteiger partial charge in [-0.1, -0.05) is 30.3 Å². The molecule has 1 amide bonds. The molecule has 0 bridgehead atoms. The van der Waals surface area contributed by atoms with Crippen molar-refractivity contribution in [3.63, 3.8) is 0 Å². The van der Waals surface area contributed by atoms with E-state index in [0.29, 0.717) is 5.56 Å². The molecule has 0 radical (unpaired) electrons. The first-order valence-electron chi connectivity index (χ1n) is 6.28. The van der Waals surface area contributed by atoms with Crippen LogP contribution in [-0.2, 0) is 9.05 Å². The molecule has 4 nitrogen and oxygen atoms in total. The van der Waals surface area contributed by atoms with Crippen molar-refractivity contribution >= 4 is 25.6 Å². The lowest BCUT2D eigenvalue weighted by molar-refractivity contribution is 0.0940. The Bertz CT molecular complexity index is 727. The molecule has 1 atom stereocenters. The zero-order valence-electron chi connectivity index (χ0n) is 11.3. The quantitative estimate of drug-likeness (QED) is 0.879. The maximum atomic E-state index is 12.0. The van der Waals surface area contributed by atoms with Gasteiger partial charge in [-0.05, 0) is 36.8 Å². The predicted molar refractivity (Wildman–Crippen MR) is 81.8 cm³/mol. The molecule has 0 fully saturated rings. The highest BCUT2D eigenvalue weighted by atomic mass is 35.7. The second kappa shape index (κ2) is 6.28. The molecular weight excluding hydrogens is 310 g/mol. The van der Waals surface area contributed by atoms with E-state index in [1.807, 2.05) is 13.0 Å². The molecule has 0 saturated heterocycles. The number of nitrogens with one attached hydrogen (secondary N) is 1. The Morgan fingerprint density at radius 2 is 1.62 bits per heavy atom. The second-order valence-electron chi connectivity index (χ2n) is 4.57. The summed E-state index contributed by atoms with van der Waals surface area (Å²) in [6, 6.07) is 14.7. The lowest BCUT2D eigenvalue weighted by Gasteiger charge is -2.14. The lowest BCUT2D eigenvalue weighted by atomic mass is 10.1. The van der Waals surface area contributed by atoms with Gasteiger partial charge in [0, 0.05) is 16.2 Å². The topological polar surface area (TPSA) is 63.2 Å². The summed E-state index contributed by atoms with van der Waals surface area (Å²) < 4.78 is 22.3. The third-order valence-electron chi connectivity index (χ3n) is 3.05. The summed E-state index contributed by atoms with van der Waals surface area (Å²) in [5.74, 6) is -0.183. The summed E-state index contributed by atoms with van der Waals surface area (Å²) in [5.41, 5.74) is 1.37. The number of benzene rings is 2. The van der Waals surface area contributed by atoms with E-state index >= 15 is 0 Å². The first-order chi connectivity index (χ1) is 9.88. The molecular formula is C15H14ClNO3S. The zero-order valence-corrected chi connectivity index (χ0v) is 12.9. The van der Waals surface area contributed by atoms with Gasteiger partial charge >= 0.3 is 0 Å². The third kappa shape index (κ3) is 4.06. The van der Waals surface area contributed by atoms with Gasteiger partial charge in [-0.3, -0.25) is 4.79 Å². The summed E-state index contributed by atoms with van der Waals surface area (Å²) in [5, 5.41) is 2.85.